The van der Waals surface area contributed by atoms with E-state index in [-0.39, 0.29) is 12.5 Å². The van der Waals surface area contributed by atoms with Gasteiger partial charge in [-0.15, -0.1) is 0 Å². The predicted molar refractivity (Wildman–Crippen MR) is 519 cm³/mol. The van der Waals surface area contributed by atoms with E-state index in [0.717, 1.165) is 161 Å². The Bertz CT molecular complexity index is 5630. The highest BCUT2D eigenvalue weighted by Gasteiger charge is 2.40. The van der Waals surface area contributed by atoms with Crippen molar-refractivity contribution in [2.45, 2.75) is 157 Å². The van der Waals surface area contributed by atoms with Crippen LogP contribution in [0.3, 0.4) is 0 Å². The number of hydrogen-bond donors (Lipinski definition) is 8. The van der Waals surface area contributed by atoms with Crippen molar-refractivity contribution in [3.8, 4) is 84.4 Å². The summed E-state index contributed by atoms with van der Waals surface area (Å²) in [5.74, 6) is 3.67. The molecule has 0 amide bonds. The number of methoxy groups -OCH3 is 2. The minimum atomic E-state index is -4.62. The van der Waals surface area contributed by atoms with Crippen molar-refractivity contribution in [3.63, 3.8) is 0 Å². The number of alkyl halides is 6. The lowest BCUT2D eigenvalue weighted by Crippen LogP contribution is -2.46. The van der Waals surface area contributed by atoms with E-state index in [0.29, 0.717) is 112 Å². The van der Waals surface area contributed by atoms with Gasteiger partial charge in [0.2, 0.25) is 0 Å². The van der Waals surface area contributed by atoms with Crippen LogP contribution < -0.4 is 50.3 Å². The second kappa shape index (κ2) is 51.0. The normalized spacial score (nSPS) is 17.4. The summed E-state index contributed by atoms with van der Waals surface area (Å²) in [7, 11) is 2.86. The monoisotopic (exact) mass is 1850 g/mol. The third-order valence-corrected chi connectivity index (χ3v) is 24.3. The van der Waals surface area contributed by atoms with E-state index in [1.165, 1.54) is 30.4 Å². The quantitative estimate of drug-likeness (QED) is 0.0168. The molecule has 712 valence electrons. The van der Waals surface area contributed by atoms with Gasteiger partial charge in [-0.2, -0.15) is 26.3 Å². The van der Waals surface area contributed by atoms with Crippen LogP contribution in [0, 0.1) is 0 Å². The van der Waals surface area contributed by atoms with Crippen LogP contribution in [-0.4, -0.2) is 193 Å². The summed E-state index contributed by atoms with van der Waals surface area (Å²) in [5.41, 5.74) is 17.6. The summed E-state index contributed by atoms with van der Waals surface area (Å²) < 4.78 is 116. The average molecular weight is 1860 g/mol. The molecule has 5 aliphatic rings. The molecule has 5 aliphatic heterocycles. The molecule has 5 fully saturated rings. The Morgan fingerprint density at radius 1 is 0.272 bits per heavy atom. The van der Waals surface area contributed by atoms with Crippen molar-refractivity contribution in [1.29, 1.82) is 0 Å². The predicted octanol–water partition coefficient (Wildman–Crippen LogP) is 18.1. The van der Waals surface area contributed by atoms with Crippen LogP contribution in [0.4, 0.5) is 26.3 Å². The van der Waals surface area contributed by atoms with Crippen molar-refractivity contribution in [2.75, 3.05) is 80.0 Å². The molecule has 0 spiro atoms. The van der Waals surface area contributed by atoms with E-state index in [1.54, 1.807) is 93.0 Å². The number of ether oxygens (including phenoxy) is 7. The molecule has 8 aromatic carbocycles. The van der Waals surface area contributed by atoms with Crippen LogP contribution in [0.5, 0.6) is 28.7 Å². The van der Waals surface area contributed by atoms with Crippen molar-refractivity contribution in [1.82, 2.24) is 51.5 Å². The number of hydrogen-bond acceptors (Lipinski definition) is 20. The molecule has 0 radical (unpaired) electrons. The molecule has 26 heteroatoms. The molecular formula is C110H120F6N10O10. The molecule has 0 unspecified atom stereocenters. The Balaban J connectivity index is 0.000000136. The maximum absolute atomic E-state index is 12.9. The van der Waals surface area contributed by atoms with Gasteiger partial charge in [0.15, 0.2) is 12.2 Å². The topological polar surface area (TPSA) is 250 Å². The summed E-state index contributed by atoms with van der Waals surface area (Å²) >= 11 is 0. The fourth-order valence-electron chi connectivity index (χ4n) is 15.8. The van der Waals surface area contributed by atoms with E-state index < -0.39 is 43.2 Å². The van der Waals surface area contributed by atoms with Gasteiger partial charge in [0.1, 0.15) is 61.8 Å². The van der Waals surface area contributed by atoms with Crippen molar-refractivity contribution in [3.05, 3.63) is 349 Å². The van der Waals surface area contributed by atoms with Gasteiger partial charge in [0, 0.05) is 116 Å². The van der Waals surface area contributed by atoms with Gasteiger partial charge in [-0.3, -0.25) is 24.9 Å². The summed E-state index contributed by atoms with van der Waals surface area (Å²) in [6.45, 7) is 8.45. The Labute approximate surface area is 792 Å². The molecule has 20 nitrogen and oxygen atoms in total. The Morgan fingerprint density at radius 2 is 0.507 bits per heavy atom. The number of benzene rings is 8. The van der Waals surface area contributed by atoms with Crippen molar-refractivity contribution in [2.24, 2.45) is 0 Å². The summed E-state index contributed by atoms with van der Waals surface area (Å²) in [6.07, 6.45) is 12.9. The van der Waals surface area contributed by atoms with Crippen LogP contribution in [0.15, 0.2) is 305 Å². The van der Waals surface area contributed by atoms with E-state index in [4.69, 9.17) is 28.4 Å². The molecule has 5 saturated heterocycles. The van der Waals surface area contributed by atoms with Gasteiger partial charge in [-0.1, -0.05) is 212 Å². The van der Waals surface area contributed by atoms with Crippen LogP contribution in [0.1, 0.15) is 76.6 Å². The van der Waals surface area contributed by atoms with Gasteiger partial charge in [-0.25, -0.2) is 0 Å². The number of aliphatic hydroxyl groups is 3. The molecule has 13 aromatic rings. The largest absolute Gasteiger partial charge is 0.490 e. The zero-order valence-electron chi connectivity index (χ0n) is 76.6. The Morgan fingerprint density at radius 3 is 0.750 bits per heavy atom. The zero-order chi connectivity index (χ0) is 94.7. The maximum atomic E-state index is 12.9. The third-order valence-electron chi connectivity index (χ3n) is 24.3. The summed E-state index contributed by atoms with van der Waals surface area (Å²) in [5, 5.41) is 46.7. The number of nitrogens with one attached hydrogen (secondary N) is 5. The minimum absolute atomic E-state index is 0.149. The molecule has 0 aliphatic carbocycles. The second-order valence-electron chi connectivity index (χ2n) is 34.9. The van der Waals surface area contributed by atoms with Crippen LogP contribution >= 0.6 is 0 Å². The van der Waals surface area contributed by atoms with E-state index >= 15 is 0 Å². The maximum Gasteiger partial charge on any atom is 0.414 e. The third kappa shape index (κ3) is 32.2. The number of pyridine rings is 5. The van der Waals surface area contributed by atoms with Crippen molar-refractivity contribution < 1.29 is 74.8 Å². The van der Waals surface area contributed by atoms with E-state index in [9.17, 15) is 41.7 Å². The standard InChI is InChI=1S/C25H28N2O2.2C24H26N2O2.C19H21F3N2O2.C18H19F3N2O2/c1-28-24(13-19-6-3-2-4-7-19)14-20-8-5-9-21(12-20)22-15-25(17-26-16-22)29-18-23-10-11-27-23;2*27-23(12-18-5-2-1-3-6-18)13-19-7-4-8-20(11-19)21-14-24(16-25-15-21)28-17-22-9-10-26-22;1-25-18(19(20,21)22)8-13-3-2-4-14(7-13)15-9-17(11-23-10-15)26-12-16-5-6-24-16;19-18(20,21)17(24)7-12-2-1-3-13(6-12)14-8-16(10-22-9-14)25-11-15-4-5-23-15/h2-9,12,15-17,23-24,27H,10-11,13-14,18H2,1H3;2*1-8,11,14-16,22-23,26-27H,9-10,12-13,17H2;2-4,7,9-11,16,18,24H,5-6,8,12H2,1H3;1-3,6,8-10,15,17,23-24H,4-5,7,11H2/t23-,24-;22-,23+;22-,23-;16-,18-;15-,17-/m00000/s1. The highest BCUT2D eigenvalue weighted by Crippen LogP contribution is 2.34. The zero-order valence-corrected chi connectivity index (χ0v) is 76.6. The van der Waals surface area contributed by atoms with Gasteiger partial charge in [-0.05, 0) is 206 Å². The first-order chi connectivity index (χ1) is 66.2. The van der Waals surface area contributed by atoms with Crippen LogP contribution in [0.25, 0.3) is 55.6 Å². The molecular weight excluding hydrogens is 1740 g/mol. The van der Waals surface area contributed by atoms with Gasteiger partial charge in [0.25, 0.3) is 0 Å². The van der Waals surface area contributed by atoms with Crippen LogP contribution in [-0.2, 0) is 60.8 Å². The molecule has 8 N–H and O–H groups in total. The second-order valence-corrected chi connectivity index (χ2v) is 34.9. The SMILES string of the molecule is CO[C@@H](Cc1cccc(-c2cncc(OC[C@@H]3CCN3)c2)c1)C(F)(F)F.CO[C@@H](Cc1ccccc1)Cc1cccc(-c2cncc(OC[C@@H]3CCN3)c2)c1.O[C@@H](Cc1cccc(-c2cncc(OC[C@@H]3CCN3)c2)c1)C(F)(F)F.O[C@@H](Cc1ccccc1)Cc1cccc(-c2cncc(OC[C@@H]3CCN3)c2)c1.O[C@H](Cc1ccccc1)Cc1cccc(-c2cncc(OC[C@@H]3CCN3)c2)c1. The molecule has 5 aromatic heterocycles. The highest BCUT2D eigenvalue weighted by molar-refractivity contribution is 5.69. The molecule has 0 saturated carbocycles. The first-order valence-corrected chi connectivity index (χ1v) is 46.6. The number of nitrogens with zero attached hydrogens (tertiary/aromatic N) is 5. The summed E-state index contributed by atoms with van der Waals surface area (Å²) in [6, 6.07) is 81.4. The fraction of sp³-hybridized carbons (Fsp3) is 0.336. The summed E-state index contributed by atoms with van der Waals surface area (Å²) in [4.78, 5) is 21.4. The number of rotatable bonds is 38. The molecule has 136 heavy (non-hydrogen) atoms. The van der Waals surface area contributed by atoms with Crippen molar-refractivity contribution >= 4 is 0 Å². The molecule has 0 bridgehead atoms. The highest BCUT2D eigenvalue weighted by atomic mass is 19.4. The molecule has 10 heterocycles. The number of aromatic nitrogens is 5. The smallest absolute Gasteiger partial charge is 0.414 e. The van der Waals surface area contributed by atoms with E-state index in [2.05, 4.69) is 172 Å². The Hall–Kier alpha value is -12.3. The van der Waals surface area contributed by atoms with Gasteiger partial charge in [0.05, 0.1) is 49.3 Å². The number of halogens is 6. The lowest BCUT2D eigenvalue weighted by molar-refractivity contribution is -0.212. The van der Waals surface area contributed by atoms with E-state index in [1.807, 2.05) is 104 Å². The Kier molecular flexibility index (Phi) is 37.4. The van der Waals surface area contributed by atoms with Crippen LogP contribution in [0.2, 0.25) is 0 Å². The molecule has 18 rings (SSSR count). The first kappa shape index (κ1) is 99.7. The number of aliphatic hydroxyl groups excluding tert-OH is 3. The minimum Gasteiger partial charge on any atom is -0.490 e. The van der Waals surface area contributed by atoms with Gasteiger partial charge < -0.3 is 75.1 Å². The average Bonchev–Trinajstić information content (AvgIpc) is 0.863. The van der Waals surface area contributed by atoms with Gasteiger partial charge >= 0.3 is 12.4 Å². The lowest BCUT2D eigenvalue weighted by Gasteiger charge is -2.27. The fourth-order valence-corrected chi connectivity index (χ4v) is 15.8. The first-order valence-electron chi connectivity index (χ1n) is 46.6. The molecule has 10 atom stereocenters. The lowest BCUT2D eigenvalue weighted by atomic mass is 9.98.